The molecule has 4 nitrogen and oxygen atoms in total. The standard InChI is InChI=1S/C10H10O4.Zn/c1-2-6-5-7(9(11)12)3-4-8(6)10(13)14;/h3-5H,2H2,1H3,(H,11,12)(H,13,14);/q;+2/p-2. The van der Waals surface area contributed by atoms with Crippen molar-refractivity contribution in [3.8, 4) is 0 Å². The summed E-state index contributed by atoms with van der Waals surface area (Å²) in [6, 6.07) is 3.71. The molecular formula is C10H8O4Zn. The van der Waals surface area contributed by atoms with E-state index >= 15 is 0 Å². The fraction of sp³-hybridized carbons (Fsp3) is 0.200. The third-order valence-corrected chi connectivity index (χ3v) is 1.94. The number of aryl methyl sites for hydroxylation is 1. The van der Waals surface area contributed by atoms with Gasteiger partial charge in [-0.3, -0.25) is 0 Å². The summed E-state index contributed by atoms with van der Waals surface area (Å²) in [6.07, 6.45) is 0.435. The molecular weight excluding hydrogens is 249 g/mol. The fourth-order valence-corrected chi connectivity index (χ4v) is 1.21. The molecule has 0 amide bonds. The maximum atomic E-state index is 10.6. The van der Waals surface area contributed by atoms with Gasteiger partial charge in [0.2, 0.25) is 0 Å². The van der Waals surface area contributed by atoms with Crippen molar-refractivity contribution in [2.24, 2.45) is 0 Å². The molecule has 1 rings (SSSR count). The van der Waals surface area contributed by atoms with Crippen LogP contribution in [0, 0.1) is 0 Å². The average molecular weight is 258 g/mol. The molecule has 0 aliphatic carbocycles. The number of aromatic carboxylic acids is 2. The largest absolute Gasteiger partial charge is 2.00 e. The van der Waals surface area contributed by atoms with Crippen molar-refractivity contribution >= 4 is 11.9 Å². The topological polar surface area (TPSA) is 80.3 Å². The third kappa shape index (κ3) is 3.13. The molecule has 1 aromatic rings. The van der Waals surface area contributed by atoms with Crippen molar-refractivity contribution in [1.82, 2.24) is 0 Å². The van der Waals surface area contributed by atoms with Gasteiger partial charge in [0.15, 0.2) is 0 Å². The van der Waals surface area contributed by atoms with Crippen molar-refractivity contribution in [3.63, 3.8) is 0 Å². The Hall–Kier alpha value is -1.22. The number of hydrogen-bond acceptors (Lipinski definition) is 4. The number of carbonyl (C=O) groups excluding carboxylic acids is 2. The SMILES string of the molecule is CCc1cc(C(=O)[O-])ccc1C(=O)[O-].[Zn+2]. The van der Waals surface area contributed by atoms with E-state index in [0.29, 0.717) is 12.0 Å². The van der Waals surface area contributed by atoms with Gasteiger partial charge in [0.1, 0.15) is 0 Å². The molecule has 15 heavy (non-hydrogen) atoms. The van der Waals surface area contributed by atoms with Gasteiger partial charge in [-0.15, -0.1) is 0 Å². The van der Waals surface area contributed by atoms with Gasteiger partial charge in [-0.1, -0.05) is 19.1 Å². The Bertz CT molecular complexity index is 387. The van der Waals surface area contributed by atoms with E-state index in [2.05, 4.69) is 0 Å². The van der Waals surface area contributed by atoms with E-state index in [4.69, 9.17) is 0 Å². The third-order valence-electron chi connectivity index (χ3n) is 1.94. The van der Waals surface area contributed by atoms with E-state index in [-0.39, 0.29) is 30.6 Å². The zero-order valence-electron chi connectivity index (χ0n) is 8.28. The molecule has 5 heteroatoms. The first-order valence-corrected chi connectivity index (χ1v) is 4.12. The second kappa shape index (κ2) is 5.61. The number of carbonyl (C=O) groups is 2. The monoisotopic (exact) mass is 256 g/mol. The average Bonchev–Trinajstić information content (AvgIpc) is 2.16. The molecule has 0 unspecified atom stereocenters. The van der Waals surface area contributed by atoms with E-state index in [1.54, 1.807) is 6.92 Å². The minimum atomic E-state index is -1.32. The molecule has 1 aromatic carbocycles. The number of hydrogen-bond donors (Lipinski definition) is 0. The molecule has 0 aliphatic rings. The number of carboxylic acid groups (broad SMARTS) is 2. The Labute approximate surface area is 99.7 Å². The molecule has 0 bridgehead atoms. The van der Waals surface area contributed by atoms with Gasteiger partial charge >= 0.3 is 19.5 Å². The van der Waals surface area contributed by atoms with E-state index in [1.165, 1.54) is 18.2 Å². The normalized spacial score (nSPS) is 9.13. The Morgan fingerprint density at radius 3 is 2.20 bits per heavy atom. The summed E-state index contributed by atoms with van der Waals surface area (Å²) in [5.74, 6) is -2.61. The van der Waals surface area contributed by atoms with Crippen LogP contribution in [0.4, 0.5) is 0 Å². The summed E-state index contributed by atoms with van der Waals surface area (Å²) in [4.78, 5) is 21.1. The van der Waals surface area contributed by atoms with Gasteiger partial charge in [-0.05, 0) is 23.6 Å². The zero-order valence-corrected chi connectivity index (χ0v) is 11.2. The first-order chi connectivity index (χ1) is 6.56. The molecule has 0 spiro atoms. The van der Waals surface area contributed by atoms with Gasteiger partial charge in [-0.2, -0.15) is 0 Å². The van der Waals surface area contributed by atoms with Gasteiger partial charge < -0.3 is 19.8 Å². The molecule has 0 N–H and O–H groups in total. The maximum Gasteiger partial charge on any atom is 2.00 e. The van der Waals surface area contributed by atoms with Crippen LogP contribution >= 0.6 is 0 Å². The van der Waals surface area contributed by atoms with E-state index < -0.39 is 11.9 Å². The molecule has 0 fully saturated rings. The second-order valence-corrected chi connectivity index (χ2v) is 2.80. The van der Waals surface area contributed by atoms with Crippen molar-refractivity contribution in [2.75, 3.05) is 0 Å². The van der Waals surface area contributed by atoms with Gasteiger partial charge in [-0.25, -0.2) is 0 Å². The Morgan fingerprint density at radius 2 is 1.80 bits per heavy atom. The first-order valence-electron chi connectivity index (χ1n) is 4.12. The van der Waals surface area contributed by atoms with Crippen LogP contribution in [-0.4, -0.2) is 11.9 Å². The van der Waals surface area contributed by atoms with E-state index in [9.17, 15) is 19.8 Å². The molecule has 0 atom stereocenters. The molecule has 0 aliphatic heterocycles. The first kappa shape index (κ1) is 13.8. The predicted molar refractivity (Wildman–Crippen MR) is 44.5 cm³/mol. The van der Waals surface area contributed by atoms with Crippen LogP contribution < -0.4 is 10.2 Å². The van der Waals surface area contributed by atoms with Crippen LogP contribution in [-0.2, 0) is 25.9 Å². The Morgan fingerprint density at radius 1 is 1.20 bits per heavy atom. The molecule has 0 saturated carbocycles. The van der Waals surface area contributed by atoms with Crippen molar-refractivity contribution < 1.29 is 39.3 Å². The van der Waals surface area contributed by atoms with Crippen molar-refractivity contribution in [2.45, 2.75) is 13.3 Å². The van der Waals surface area contributed by atoms with Crippen LogP contribution in [0.2, 0.25) is 0 Å². The van der Waals surface area contributed by atoms with Gasteiger partial charge in [0.25, 0.3) is 0 Å². The van der Waals surface area contributed by atoms with Crippen LogP contribution in [0.15, 0.2) is 18.2 Å². The predicted octanol–water partition coefficient (Wildman–Crippen LogP) is -1.03. The Kier molecular flexibility index (Phi) is 5.16. The second-order valence-electron chi connectivity index (χ2n) is 2.80. The quantitative estimate of drug-likeness (QED) is 0.649. The number of benzene rings is 1. The number of rotatable bonds is 3. The van der Waals surface area contributed by atoms with Crippen LogP contribution in [0.25, 0.3) is 0 Å². The van der Waals surface area contributed by atoms with Crippen LogP contribution in [0.3, 0.4) is 0 Å². The molecule has 0 heterocycles. The zero-order chi connectivity index (χ0) is 10.7. The van der Waals surface area contributed by atoms with E-state index in [1.807, 2.05) is 0 Å². The number of carboxylic acids is 2. The summed E-state index contributed by atoms with van der Waals surface area (Å²) in [7, 11) is 0. The van der Waals surface area contributed by atoms with Crippen LogP contribution in [0.5, 0.6) is 0 Å². The summed E-state index contributed by atoms with van der Waals surface area (Å²) in [5.41, 5.74) is 0.441. The molecule has 0 aromatic heterocycles. The minimum Gasteiger partial charge on any atom is -0.545 e. The smallest absolute Gasteiger partial charge is 0.545 e. The van der Waals surface area contributed by atoms with Crippen LogP contribution in [0.1, 0.15) is 33.2 Å². The van der Waals surface area contributed by atoms with E-state index in [0.717, 1.165) is 0 Å². The minimum absolute atomic E-state index is 0. The summed E-state index contributed by atoms with van der Waals surface area (Å²) in [6.45, 7) is 1.74. The summed E-state index contributed by atoms with van der Waals surface area (Å²) >= 11 is 0. The summed E-state index contributed by atoms with van der Waals surface area (Å²) in [5, 5.41) is 21.1. The summed E-state index contributed by atoms with van der Waals surface area (Å²) < 4.78 is 0. The maximum absolute atomic E-state index is 10.6. The Balaban J connectivity index is 0.00000196. The fourth-order valence-electron chi connectivity index (χ4n) is 1.21. The van der Waals surface area contributed by atoms with Crippen molar-refractivity contribution in [1.29, 1.82) is 0 Å². The molecule has 0 saturated heterocycles. The van der Waals surface area contributed by atoms with Gasteiger partial charge in [0, 0.05) is 5.56 Å². The molecule has 74 valence electrons. The van der Waals surface area contributed by atoms with Gasteiger partial charge in [0.05, 0.1) is 11.9 Å². The molecule has 0 radical (unpaired) electrons. The van der Waals surface area contributed by atoms with Crippen molar-refractivity contribution in [3.05, 3.63) is 34.9 Å².